The standard InChI is InChI=1S/C16H15N3O2S2.C7H9N/c1-9-18-12-11(16(22-2)23-13(12)15(20)21)14(19-9)17-8-10-6-4-3-5-7-10;8-6-7-4-2-1-3-5-7/h3-7H,8H2,1-2H3,(H,20,21)(H,17,18,19);1-5H,6,8H2. The van der Waals surface area contributed by atoms with Gasteiger partial charge < -0.3 is 21.0 Å². The third-order valence-corrected chi connectivity index (χ3v) is 6.72. The summed E-state index contributed by atoms with van der Waals surface area (Å²) in [6, 6.07) is 20.2. The van der Waals surface area contributed by atoms with Crippen LogP contribution in [-0.4, -0.2) is 22.2 Å². The number of nitrogens with one attached hydrogen (secondary N) is 1. The maximum absolute atomic E-state index is 11.4. The number of fused-ring (bicyclic) bond motifs is 1. The lowest BCUT2D eigenvalue weighted by Crippen LogP contribution is -2.47. The SMILES string of the molecule is CSc1sc(C(=O)[O-])c2nc(C)nc(NCc3ccccc3)c12.[NH3+]Cc1ccccc1. The molecule has 8 heteroatoms. The second-order valence-corrected chi connectivity index (χ2v) is 8.72. The number of carboxylic acids is 1. The van der Waals surface area contributed by atoms with Crippen LogP contribution in [0.25, 0.3) is 10.9 Å². The summed E-state index contributed by atoms with van der Waals surface area (Å²) >= 11 is 2.67. The van der Waals surface area contributed by atoms with Crippen LogP contribution < -0.4 is 16.2 Å². The molecule has 0 radical (unpaired) electrons. The minimum absolute atomic E-state index is 0.151. The van der Waals surface area contributed by atoms with Crippen LogP contribution in [0.5, 0.6) is 0 Å². The van der Waals surface area contributed by atoms with Crippen molar-refractivity contribution in [1.82, 2.24) is 9.97 Å². The van der Waals surface area contributed by atoms with E-state index in [1.165, 1.54) is 28.7 Å². The van der Waals surface area contributed by atoms with Crippen LogP contribution >= 0.6 is 23.1 Å². The average Bonchev–Trinajstić information content (AvgIpc) is 3.18. The largest absolute Gasteiger partial charge is 0.544 e. The van der Waals surface area contributed by atoms with Crippen molar-refractivity contribution < 1.29 is 15.6 Å². The summed E-state index contributed by atoms with van der Waals surface area (Å²) in [6.45, 7) is 3.25. The summed E-state index contributed by atoms with van der Waals surface area (Å²) in [7, 11) is 0. The number of hydrogen-bond acceptors (Lipinski definition) is 7. The lowest BCUT2D eigenvalue weighted by molar-refractivity contribution is -0.386. The normalized spacial score (nSPS) is 10.4. The van der Waals surface area contributed by atoms with Gasteiger partial charge in [-0.1, -0.05) is 60.7 Å². The molecule has 0 amide bonds. The molecule has 0 saturated carbocycles. The fraction of sp³-hybridized carbons (Fsp3) is 0.174. The fourth-order valence-corrected chi connectivity index (χ4v) is 4.75. The van der Waals surface area contributed by atoms with E-state index in [1.54, 1.807) is 6.92 Å². The molecular formula is C23H24N4O2S2. The van der Waals surface area contributed by atoms with Crippen LogP contribution in [0.1, 0.15) is 26.6 Å². The molecule has 4 aromatic rings. The first kappa shape index (κ1) is 22.7. The molecule has 0 unspecified atom stereocenters. The van der Waals surface area contributed by atoms with E-state index in [1.807, 2.05) is 54.8 Å². The quantitative estimate of drug-likeness (QED) is 0.436. The summed E-state index contributed by atoms with van der Waals surface area (Å²) in [6.07, 6.45) is 1.91. The van der Waals surface area contributed by atoms with Gasteiger partial charge in [-0.15, -0.1) is 23.1 Å². The number of rotatable bonds is 6. The maximum Gasteiger partial charge on any atom is 0.139 e. The van der Waals surface area contributed by atoms with Crippen molar-refractivity contribution in [3.63, 3.8) is 0 Å². The first-order valence-corrected chi connectivity index (χ1v) is 11.7. The molecule has 6 nitrogen and oxygen atoms in total. The van der Waals surface area contributed by atoms with Crippen molar-refractivity contribution in [3.8, 4) is 0 Å². The number of carbonyl (C=O) groups excluding carboxylic acids is 1. The van der Waals surface area contributed by atoms with Crippen LogP contribution in [-0.2, 0) is 13.1 Å². The number of carboxylic acid groups (broad SMARTS) is 1. The lowest BCUT2D eigenvalue weighted by Gasteiger charge is -2.09. The van der Waals surface area contributed by atoms with Gasteiger partial charge in [-0.2, -0.15) is 0 Å². The van der Waals surface area contributed by atoms with Crippen LogP contribution in [0, 0.1) is 6.92 Å². The highest BCUT2D eigenvalue weighted by atomic mass is 32.2. The minimum atomic E-state index is -1.20. The Balaban J connectivity index is 0.000000287. The van der Waals surface area contributed by atoms with E-state index < -0.39 is 5.97 Å². The molecular weight excluding hydrogens is 428 g/mol. The summed E-state index contributed by atoms with van der Waals surface area (Å²) in [5.41, 5.74) is 6.62. The number of aromatic carboxylic acids is 1. The number of thiophene rings is 1. The summed E-state index contributed by atoms with van der Waals surface area (Å²) < 4.78 is 0.870. The predicted octanol–water partition coefficient (Wildman–Crippen LogP) is 3.13. The number of hydrogen-bond donors (Lipinski definition) is 2. The van der Waals surface area contributed by atoms with Gasteiger partial charge in [0.15, 0.2) is 0 Å². The Morgan fingerprint density at radius 2 is 1.68 bits per heavy atom. The molecule has 0 aliphatic carbocycles. The Morgan fingerprint density at radius 3 is 2.19 bits per heavy atom. The van der Waals surface area contributed by atoms with Crippen molar-refractivity contribution in [2.45, 2.75) is 24.2 Å². The smallest absolute Gasteiger partial charge is 0.139 e. The summed E-state index contributed by atoms with van der Waals surface area (Å²) in [5, 5.41) is 15.4. The van der Waals surface area contributed by atoms with Gasteiger partial charge in [0.1, 0.15) is 11.6 Å². The number of benzene rings is 2. The topological polar surface area (TPSA) is 106 Å². The Morgan fingerprint density at radius 1 is 1.06 bits per heavy atom. The van der Waals surface area contributed by atoms with Crippen molar-refractivity contribution in [3.05, 3.63) is 82.5 Å². The molecule has 0 fully saturated rings. The predicted molar refractivity (Wildman–Crippen MR) is 125 cm³/mol. The number of anilines is 1. The number of thioether (sulfide) groups is 1. The number of aromatic nitrogens is 2. The van der Waals surface area contributed by atoms with E-state index in [0.29, 0.717) is 23.7 Å². The van der Waals surface area contributed by atoms with E-state index in [0.717, 1.165) is 21.7 Å². The van der Waals surface area contributed by atoms with E-state index in [2.05, 4.69) is 33.2 Å². The molecule has 2 aromatic heterocycles. The van der Waals surface area contributed by atoms with E-state index >= 15 is 0 Å². The van der Waals surface area contributed by atoms with Crippen molar-refractivity contribution >= 4 is 45.8 Å². The molecule has 0 saturated heterocycles. The molecule has 0 aliphatic rings. The molecule has 31 heavy (non-hydrogen) atoms. The van der Waals surface area contributed by atoms with Gasteiger partial charge in [0, 0.05) is 12.1 Å². The zero-order chi connectivity index (χ0) is 22.2. The third kappa shape index (κ3) is 5.81. The van der Waals surface area contributed by atoms with Gasteiger partial charge in [-0.05, 0) is 18.7 Å². The first-order chi connectivity index (χ1) is 15.0. The third-order valence-electron chi connectivity index (χ3n) is 4.44. The average molecular weight is 453 g/mol. The minimum Gasteiger partial charge on any atom is -0.544 e. The summed E-state index contributed by atoms with van der Waals surface area (Å²) in [5.74, 6) is -0.0159. The molecule has 4 rings (SSSR count). The zero-order valence-corrected chi connectivity index (χ0v) is 19.1. The van der Waals surface area contributed by atoms with E-state index in [-0.39, 0.29) is 4.88 Å². The monoisotopic (exact) mass is 452 g/mol. The molecule has 160 valence electrons. The number of carbonyl (C=O) groups is 1. The molecule has 0 aliphatic heterocycles. The number of aryl methyl sites for hydroxylation is 1. The Labute approximate surface area is 189 Å². The fourth-order valence-electron chi connectivity index (χ4n) is 2.96. The van der Waals surface area contributed by atoms with Gasteiger partial charge in [0.25, 0.3) is 0 Å². The van der Waals surface area contributed by atoms with Crippen LogP contribution in [0.15, 0.2) is 64.9 Å². The Bertz CT molecular complexity index is 1150. The highest BCUT2D eigenvalue weighted by Crippen LogP contribution is 2.39. The van der Waals surface area contributed by atoms with Crippen molar-refractivity contribution in [1.29, 1.82) is 0 Å². The zero-order valence-electron chi connectivity index (χ0n) is 17.4. The van der Waals surface area contributed by atoms with Crippen molar-refractivity contribution in [2.75, 3.05) is 11.6 Å². The molecule has 4 N–H and O–H groups in total. The van der Waals surface area contributed by atoms with Crippen LogP contribution in [0.4, 0.5) is 5.82 Å². The van der Waals surface area contributed by atoms with Crippen LogP contribution in [0.2, 0.25) is 0 Å². The summed E-state index contributed by atoms with van der Waals surface area (Å²) in [4.78, 5) is 20.3. The van der Waals surface area contributed by atoms with Gasteiger partial charge >= 0.3 is 0 Å². The Hall–Kier alpha value is -2.94. The lowest BCUT2D eigenvalue weighted by atomic mass is 10.2. The second kappa shape index (κ2) is 10.9. The van der Waals surface area contributed by atoms with E-state index in [4.69, 9.17) is 0 Å². The molecule has 0 spiro atoms. The van der Waals surface area contributed by atoms with E-state index in [9.17, 15) is 9.90 Å². The number of quaternary nitrogens is 1. The van der Waals surface area contributed by atoms with Gasteiger partial charge in [-0.3, -0.25) is 0 Å². The van der Waals surface area contributed by atoms with Crippen LogP contribution in [0.3, 0.4) is 0 Å². The number of nitrogens with zero attached hydrogens (tertiary/aromatic N) is 2. The first-order valence-electron chi connectivity index (χ1n) is 9.71. The highest BCUT2D eigenvalue weighted by Gasteiger charge is 2.18. The Kier molecular flexibility index (Phi) is 8.00. The maximum atomic E-state index is 11.4. The van der Waals surface area contributed by atoms with Gasteiger partial charge in [0.05, 0.1) is 32.5 Å². The molecule has 0 bridgehead atoms. The second-order valence-electron chi connectivity index (χ2n) is 6.63. The van der Waals surface area contributed by atoms with Gasteiger partial charge in [-0.25, -0.2) is 9.97 Å². The van der Waals surface area contributed by atoms with Crippen molar-refractivity contribution in [2.24, 2.45) is 0 Å². The van der Waals surface area contributed by atoms with Gasteiger partial charge in [0.2, 0.25) is 0 Å². The highest BCUT2D eigenvalue weighted by molar-refractivity contribution is 8.00. The molecule has 2 heterocycles. The molecule has 0 atom stereocenters. The molecule has 2 aromatic carbocycles.